The SMILES string of the molecule is O=c1c2ccccc2sc2nc3ccc(-c4ccc5c6c(cccc46)-c4ccccc4-5)cc3n12. The Hall–Kier alpha value is -4.28. The van der Waals surface area contributed by atoms with Crippen molar-refractivity contribution in [2.75, 3.05) is 0 Å². The fourth-order valence-electron chi connectivity index (χ4n) is 5.50. The zero-order valence-corrected chi connectivity index (χ0v) is 18.8. The maximum Gasteiger partial charge on any atom is 0.266 e. The zero-order valence-electron chi connectivity index (χ0n) is 17.9. The quantitative estimate of drug-likeness (QED) is 0.258. The van der Waals surface area contributed by atoms with Gasteiger partial charge in [-0.05, 0) is 68.4 Å². The summed E-state index contributed by atoms with van der Waals surface area (Å²) in [6.45, 7) is 0. The van der Waals surface area contributed by atoms with Gasteiger partial charge in [-0.25, -0.2) is 9.38 Å². The maximum absolute atomic E-state index is 13.4. The molecule has 0 unspecified atom stereocenters. The summed E-state index contributed by atoms with van der Waals surface area (Å²) in [5.41, 5.74) is 9.10. The summed E-state index contributed by atoms with van der Waals surface area (Å²) in [6, 6.07) is 33.7. The van der Waals surface area contributed by atoms with E-state index in [1.54, 1.807) is 15.7 Å². The summed E-state index contributed by atoms with van der Waals surface area (Å²) >= 11 is 1.55. The molecular formula is C30H16N2OS. The van der Waals surface area contributed by atoms with Crippen LogP contribution in [0.5, 0.6) is 0 Å². The van der Waals surface area contributed by atoms with E-state index < -0.39 is 0 Å². The largest absolute Gasteiger partial charge is 0.268 e. The van der Waals surface area contributed by atoms with Gasteiger partial charge in [0.15, 0.2) is 4.96 Å². The molecule has 0 aliphatic heterocycles. The molecule has 0 spiro atoms. The summed E-state index contributed by atoms with van der Waals surface area (Å²) in [6.07, 6.45) is 0. The van der Waals surface area contributed by atoms with Crippen LogP contribution in [0.15, 0.2) is 102 Å². The number of aromatic nitrogens is 2. The fraction of sp³-hybridized carbons (Fsp3) is 0. The van der Waals surface area contributed by atoms with Crippen LogP contribution < -0.4 is 5.56 Å². The Bertz CT molecular complexity index is 2020. The highest BCUT2D eigenvalue weighted by molar-refractivity contribution is 7.23. The summed E-state index contributed by atoms with van der Waals surface area (Å²) < 4.78 is 2.73. The number of hydrogen-bond acceptors (Lipinski definition) is 3. The van der Waals surface area contributed by atoms with Crippen LogP contribution in [0.25, 0.3) is 70.2 Å². The average Bonchev–Trinajstić information content (AvgIpc) is 3.41. The van der Waals surface area contributed by atoms with Crippen LogP contribution in [0.2, 0.25) is 0 Å². The molecule has 1 aliphatic carbocycles. The van der Waals surface area contributed by atoms with Gasteiger partial charge in [-0.3, -0.25) is 4.79 Å². The first kappa shape index (κ1) is 18.2. The Kier molecular flexibility index (Phi) is 3.42. The Labute approximate surface area is 198 Å². The molecule has 2 heterocycles. The van der Waals surface area contributed by atoms with Crippen molar-refractivity contribution >= 4 is 48.2 Å². The maximum atomic E-state index is 13.4. The molecule has 0 radical (unpaired) electrons. The minimum Gasteiger partial charge on any atom is -0.268 e. The van der Waals surface area contributed by atoms with Crippen molar-refractivity contribution in [3.63, 3.8) is 0 Å². The van der Waals surface area contributed by atoms with Gasteiger partial charge in [0.25, 0.3) is 5.56 Å². The van der Waals surface area contributed by atoms with Crippen molar-refractivity contribution in [3.8, 4) is 33.4 Å². The van der Waals surface area contributed by atoms with Crippen molar-refractivity contribution in [1.82, 2.24) is 9.38 Å². The van der Waals surface area contributed by atoms with E-state index in [9.17, 15) is 4.79 Å². The van der Waals surface area contributed by atoms with E-state index in [4.69, 9.17) is 4.98 Å². The number of benzene rings is 5. The van der Waals surface area contributed by atoms with E-state index in [0.29, 0.717) is 0 Å². The van der Waals surface area contributed by atoms with E-state index in [1.807, 2.05) is 30.3 Å². The van der Waals surface area contributed by atoms with Crippen molar-refractivity contribution in [1.29, 1.82) is 0 Å². The van der Waals surface area contributed by atoms with Gasteiger partial charge in [-0.2, -0.15) is 0 Å². The molecule has 8 rings (SSSR count). The summed E-state index contributed by atoms with van der Waals surface area (Å²) in [5, 5.41) is 3.26. The van der Waals surface area contributed by atoms with Crippen molar-refractivity contribution < 1.29 is 0 Å². The second-order valence-electron chi connectivity index (χ2n) is 8.77. The number of hydrogen-bond donors (Lipinski definition) is 0. The Balaban J connectivity index is 1.43. The van der Waals surface area contributed by atoms with Gasteiger partial charge in [0.1, 0.15) is 0 Å². The highest BCUT2D eigenvalue weighted by Gasteiger charge is 2.22. The van der Waals surface area contributed by atoms with Gasteiger partial charge in [0.05, 0.1) is 16.4 Å². The van der Waals surface area contributed by atoms with E-state index in [-0.39, 0.29) is 5.56 Å². The Morgan fingerprint density at radius 3 is 2.24 bits per heavy atom. The van der Waals surface area contributed by atoms with Gasteiger partial charge in [0, 0.05) is 4.70 Å². The van der Waals surface area contributed by atoms with Gasteiger partial charge in [0.2, 0.25) is 0 Å². The average molecular weight is 453 g/mol. The summed E-state index contributed by atoms with van der Waals surface area (Å²) in [5.74, 6) is 0. The normalized spacial score (nSPS) is 12.2. The van der Waals surface area contributed by atoms with Crippen molar-refractivity contribution in [3.05, 3.63) is 107 Å². The molecule has 0 amide bonds. The topological polar surface area (TPSA) is 34.4 Å². The van der Waals surface area contributed by atoms with E-state index in [0.717, 1.165) is 31.6 Å². The predicted molar refractivity (Wildman–Crippen MR) is 142 cm³/mol. The van der Waals surface area contributed by atoms with Crippen LogP contribution in [-0.2, 0) is 0 Å². The van der Waals surface area contributed by atoms with Gasteiger partial charge in [-0.1, -0.05) is 84.1 Å². The first-order chi connectivity index (χ1) is 16.8. The number of fused-ring (bicyclic) bond motifs is 7. The second-order valence-corrected chi connectivity index (χ2v) is 9.78. The minimum atomic E-state index is -0.0140. The molecule has 3 nitrogen and oxygen atoms in total. The van der Waals surface area contributed by atoms with Crippen molar-refractivity contribution in [2.24, 2.45) is 0 Å². The smallest absolute Gasteiger partial charge is 0.266 e. The molecule has 5 aromatic carbocycles. The van der Waals surface area contributed by atoms with Gasteiger partial charge in [-0.15, -0.1) is 0 Å². The lowest BCUT2D eigenvalue weighted by Gasteiger charge is -2.10. The molecular weight excluding hydrogens is 436 g/mol. The molecule has 7 aromatic rings. The molecule has 0 saturated carbocycles. The standard InChI is InChI=1S/C30H16N2OS/c33-29-24-8-3-4-11-27(24)34-30-31-25-15-12-17(16-26(25)32(29)30)18-13-14-23-20-7-2-1-6-19(20)22-10-5-9-21(18)28(22)23/h1-16H. The molecule has 0 atom stereocenters. The lowest BCUT2D eigenvalue weighted by molar-refractivity contribution is 1.20. The molecule has 1 aliphatic rings. The molecule has 4 heteroatoms. The molecule has 0 N–H and O–H groups in total. The first-order valence-corrected chi connectivity index (χ1v) is 12.1. The third-order valence-electron chi connectivity index (χ3n) is 7.00. The van der Waals surface area contributed by atoms with Crippen LogP contribution in [0.3, 0.4) is 0 Å². The van der Waals surface area contributed by atoms with Gasteiger partial charge < -0.3 is 0 Å². The highest BCUT2D eigenvalue weighted by Crippen LogP contribution is 2.49. The van der Waals surface area contributed by atoms with E-state index in [2.05, 4.69) is 66.7 Å². The van der Waals surface area contributed by atoms with Crippen molar-refractivity contribution in [2.45, 2.75) is 0 Å². The second kappa shape index (κ2) is 6.40. The molecule has 0 saturated heterocycles. The fourth-order valence-corrected chi connectivity index (χ4v) is 6.52. The Morgan fingerprint density at radius 1 is 0.647 bits per heavy atom. The van der Waals surface area contributed by atoms with Crippen LogP contribution >= 0.6 is 11.3 Å². The van der Waals surface area contributed by atoms with Crippen LogP contribution in [0.4, 0.5) is 0 Å². The third kappa shape index (κ3) is 2.25. The first-order valence-electron chi connectivity index (χ1n) is 11.3. The zero-order chi connectivity index (χ0) is 22.4. The van der Waals surface area contributed by atoms with E-state index in [1.165, 1.54) is 38.6 Å². The summed E-state index contributed by atoms with van der Waals surface area (Å²) in [4.78, 5) is 18.9. The number of rotatable bonds is 1. The minimum absolute atomic E-state index is 0.0140. The molecule has 34 heavy (non-hydrogen) atoms. The van der Waals surface area contributed by atoms with Crippen LogP contribution in [-0.4, -0.2) is 9.38 Å². The highest BCUT2D eigenvalue weighted by atomic mass is 32.1. The predicted octanol–water partition coefficient (Wildman–Crippen LogP) is 7.53. The molecule has 2 aromatic heterocycles. The van der Waals surface area contributed by atoms with Crippen LogP contribution in [0.1, 0.15) is 0 Å². The number of nitrogens with zero attached hydrogens (tertiary/aromatic N) is 2. The lowest BCUT2D eigenvalue weighted by atomic mass is 9.94. The van der Waals surface area contributed by atoms with Gasteiger partial charge >= 0.3 is 0 Å². The number of imidazole rings is 1. The van der Waals surface area contributed by atoms with E-state index >= 15 is 0 Å². The Morgan fingerprint density at radius 2 is 1.35 bits per heavy atom. The monoisotopic (exact) mass is 452 g/mol. The lowest BCUT2D eigenvalue weighted by Crippen LogP contribution is -2.11. The van der Waals surface area contributed by atoms with Crippen LogP contribution in [0, 0.1) is 0 Å². The molecule has 0 bridgehead atoms. The molecule has 0 fully saturated rings. The third-order valence-corrected chi connectivity index (χ3v) is 8.04. The summed E-state index contributed by atoms with van der Waals surface area (Å²) in [7, 11) is 0. The molecule has 158 valence electrons.